The van der Waals surface area contributed by atoms with E-state index in [2.05, 4.69) is 33.1 Å². The average Bonchev–Trinajstić information content (AvgIpc) is 2.62. The van der Waals surface area contributed by atoms with Crippen LogP contribution in [0.15, 0.2) is 60.7 Å². The molecule has 0 atom stereocenters. The van der Waals surface area contributed by atoms with Gasteiger partial charge in [0.1, 0.15) is 5.75 Å². The summed E-state index contributed by atoms with van der Waals surface area (Å²) in [5, 5.41) is 0. The highest BCUT2D eigenvalue weighted by molar-refractivity contribution is 5.57. The Hall–Kier alpha value is -2.88. The smallest absolute Gasteiger partial charge is 0.230 e. The number of methoxy groups -OCH3 is 1. The molecule has 128 valence electrons. The van der Waals surface area contributed by atoms with Crippen LogP contribution in [0.4, 0.5) is 11.6 Å². The minimum Gasteiger partial charge on any atom is -0.496 e. The first kappa shape index (κ1) is 17.0. The third kappa shape index (κ3) is 4.15. The van der Waals surface area contributed by atoms with Crippen molar-refractivity contribution in [1.82, 2.24) is 9.97 Å². The molecule has 1 aromatic heterocycles. The fourth-order valence-corrected chi connectivity index (χ4v) is 2.92. The Morgan fingerprint density at radius 1 is 0.880 bits per heavy atom. The molecule has 0 saturated carbocycles. The highest BCUT2D eigenvalue weighted by Gasteiger charge is 2.14. The largest absolute Gasteiger partial charge is 0.496 e. The third-order valence-corrected chi connectivity index (χ3v) is 4.08. The molecule has 4 heteroatoms. The maximum Gasteiger partial charge on any atom is 0.230 e. The molecule has 0 aliphatic heterocycles. The summed E-state index contributed by atoms with van der Waals surface area (Å²) in [7, 11) is 1.71. The lowest BCUT2D eigenvalue weighted by atomic mass is 10.1. The zero-order valence-corrected chi connectivity index (χ0v) is 14.9. The molecule has 3 aromatic rings. The number of ether oxygens (including phenoxy) is 1. The van der Waals surface area contributed by atoms with Crippen molar-refractivity contribution in [1.29, 1.82) is 0 Å². The number of aromatic nitrogens is 2. The SMILES string of the molecule is COc1ccccc1CCN(c1ccccc1)c1nc(C)cc(C)n1. The van der Waals surface area contributed by atoms with Crippen LogP contribution in [-0.2, 0) is 6.42 Å². The Balaban J connectivity index is 1.92. The molecule has 0 saturated heterocycles. The molecule has 0 aliphatic rings. The Bertz CT molecular complexity index is 813. The lowest BCUT2D eigenvalue weighted by Gasteiger charge is -2.24. The fourth-order valence-electron chi connectivity index (χ4n) is 2.92. The van der Waals surface area contributed by atoms with Crippen LogP contribution in [0.1, 0.15) is 17.0 Å². The number of nitrogens with zero attached hydrogens (tertiary/aromatic N) is 3. The molecule has 25 heavy (non-hydrogen) atoms. The van der Waals surface area contributed by atoms with Gasteiger partial charge in [0.15, 0.2) is 0 Å². The van der Waals surface area contributed by atoms with E-state index in [1.54, 1.807) is 7.11 Å². The van der Waals surface area contributed by atoms with E-state index in [4.69, 9.17) is 4.74 Å². The van der Waals surface area contributed by atoms with E-state index in [1.165, 1.54) is 5.56 Å². The number of aryl methyl sites for hydroxylation is 2. The maximum atomic E-state index is 5.48. The predicted octanol–water partition coefficient (Wildman–Crippen LogP) is 4.48. The van der Waals surface area contributed by atoms with Crippen molar-refractivity contribution in [2.45, 2.75) is 20.3 Å². The van der Waals surface area contributed by atoms with Crippen LogP contribution in [-0.4, -0.2) is 23.6 Å². The van der Waals surface area contributed by atoms with Gasteiger partial charge < -0.3 is 9.64 Å². The molecule has 0 fully saturated rings. The van der Waals surface area contributed by atoms with Crippen molar-refractivity contribution >= 4 is 11.6 Å². The number of rotatable bonds is 6. The van der Waals surface area contributed by atoms with Crippen molar-refractivity contribution in [2.24, 2.45) is 0 Å². The van der Waals surface area contributed by atoms with Gasteiger partial charge in [-0.15, -0.1) is 0 Å². The van der Waals surface area contributed by atoms with Gasteiger partial charge in [0.2, 0.25) is 5.95 Å². The van der Waals surface area contributed by atoms with Gasteiger partial charge in [0, 0.05) is 23.6 Å². The van der Waals surface area contributed by atoms with Crippen molar-refractivity contribution in [3.8, 4) is 5.75 Å². The third-order valence-electron chi connectivity index (χ3n) is 4.08. The summed E-state index contributed by atoms with van der Waals surface area (Å²) >= 11 is 0. The van der Waals surface area contributed by atoms with Gasteiger partial charge in [-0.3, -0.25) is 0 Å². The van der Waals surface area contributed by atoms with Crippen molar-refractivity contribution in [3.63, 3.8) is 0 Å². The molecule has 0 N–H and O–H groups in total. The summed E-state index contributed by atoms with van der Waals surface area (Å²) in [6.45, 7) is 4.77. The number of anilines is 2. The van der Waals surface area contributed by atoms with E-state index >= 15 is 0 Å². The van der Waals surface area contributed by atoms with Crippen LogP contribution in [0.25, 0.3) is 0 Å². The van der Waals surface area contributed by atoms with Crippen LogP contribution in [0.5, 0.6) is 5.75 Å². The zero-order chi connectivity index (χ0) is 17.6. The molecule has 0 aliphatic carbocycles. The molecular weight excluding hydrogens is 310 g/mol. The van der Waals surface area contributed by atoms with E-state index in [0.29, 0.717) is 0 Å². The summed E-state index contributed by atoms with van der Waals surface area (Å²) in [6, 6.07) is 20.4. The van der Waals surface area contributed by atoms with E-state index in [-0.39, 0.29) is 0 Å². The Kier molecular flexibility index (Phi) is 5.29. The number of benzene rings is 2. The molecular formula is C21H23N3O. The van der Waals surface area contributed by atoms with Gasteiger partial charge in [0.25, 0.3) is 0 Å². The number of hydrogen-bond acceptors (Lipinski definition) is 4. The minimum absolute atomic E-state index is 0.735. The Morgan fingerprint density at radius 2 is 1.52 bits per heavy atom. The summed E-state index contributed by atoms with van der Waals surface area (Å²) in [5.41, 5.74) is 4.21. The molecule has 1 heterocycles. The standard InChI is InChI=1S/C21H23N3O/c1-16-15-17(2)23-21(22-16)24(19-10-5-4-6-11-19)14-13-18-9-7-8-12-20(18)25-3/h4-12,15H,13-14H2,1-3H3. The second kappa shape index (κ2) is 7.79. The molecule has 0 radical (unpaired) electrons. The van der Waals surface area contributed by atoms with Crippen molar-refractivity contribution in [2.75, 3.05) is 18.6 Å². The van der Waals surface area contributed by atoms with Crippen molar-refractivity contribution < 1.29 is 4.74 Å². The summed E-state index contributed by atoms with van der Waals surface area (Å²) < 4.78 is 5.48. The first-order valence-electron chi connectivity index (χ1n) is 8.44. The highest BCUT2D eigenvalue weighted by Crippen LogP contribution is 2.25. The van der Waals surface area contributed by atoms with E-state index in [1.807, 2.05) is 56.3 Å². The summed E-state index contributed by atoms with van der Waals surface area (Å²) in [4.78, 5) is 11.5. The summed E-state index contributed by atoms with van der Waals surface area (Å²) in [5.74, 6) is 1.65. The number of para-hydroxylation sites is 2. The van der Waals surface area contributed by atoms with Gasteiger partial charge in [-0.25, -0.2) is 9.97 Å². The van der Waals surface area contributed by atoms with E-state index in [0.717, 1.165) is 41.7 Å². The predicted molar refractivity (Wildman–Crippen MR) is 102 cm³/mol. The first-order valence-corrected chi connectivity index (χ1v) is 8.44. The van der Waals surface area contributed by atoms with Gasteiger partial charge in [0.05, 0.1) is 7.11 Å². The van der Waals surface area contributed by atoms with E-state index < -0.39 is 0 Å². The van der Waals surface area contributed by atoms with E-state index in [9.17, 15) is 0 Å². The fraction of sp³-hybridized carbons (Fsp3) is 0.238. The second-order valence-electron chi connectivity index (χ2n) is 6.00. The van der Waals surface area contributed by atoms with Crippen LogP contribution >= 0.6 is 0 Å². The molecule has 4 nitrogen and oxygen atoms in total. The molecule has 0 bridgehead atoms. The molecule has 3 rings (SSSR count). The van der Waals surface area contributed by atoms with Crippen molar-refractivity contribution in [3.05, 3.63) is 77.6 Å². The zero-order valence-electron chi connectivity index (χ0n) is 14.9. The van der Waals surface area contributed by atoms with Gasteiger partial charge in [-0.05, 0) is 50.1 Å². The topological polar surface area (TPSA) is 38.2 Å². The van der Waals surface area contributed by atoms with Crippen LogP contribution in [0.2, 0.25) is 0 Å². The lowest BCUT2D eigenvalue weighted by Crippen LogP contribution is -2.23. The molecule has 0 spiro atoms. The normalized spacial score (nSPS) is 10.5. The minimum atomic E-state index is 0.735. The lowest BCUT2D eigenvalue weighted by molar-refractivity contribution is 0.409. The van der Waals surface area contributed by atoms with Gasteiger partial charge in [-0.2, -0.15) is 0 Å². The van der Waals surface area contributed by atoms with Crippen LogP contribution in [0.3, 0.4) is 0 Å². The Morgan fingerprint density at radius 3 is 2.20 bits per heavy atom. The quantitative estimate of drug-likeness (QED) is 0.666. The van der Waals surface area contributed by atoms with Gasteiger partial charge in [-0.1, -0.05) is 36.4 Å². The maximum absolute atomic E-state index is 5.48. The molecule has 0 amide bonds. The molecule has 2 aromatic carbocycles. The summed E-state index contributed by atoms with van der Waals surface area (Å²) in [6.07, 6.45) is 0.843. The molecule has 0 unspecified atom stereocenters. The van der Waals surface area contributed by atoms with Gasteiger partial charge >= 0.3 is 0 Å². The average molecular weight is 333 g/mol. The highest BCUT2D eigenvalue weighted by atomic mass is 16.5. The monoisotopic (exact) mass is 333 g/mol. The Labute approximate surface area is 149 Å². The van der Waals surface area contributed by atoms with Crippen LogP contribution in [0, 0.1) is 13.8 Å². The number of hydrogen-bond donors (Lipinski definition) is 0. The second-order valence-corrected chi connectivity index (χ2v) is 6.00. The first-order chi connectivity index (χ1) is 12.2. The van der Waals surface area contributed by atoms with Crippen LogP contribution < -0.4 is 9.64 Å².